The van der Waals surface area contributed by atoms with Crippen LogP contribution in [0.15, 0.2) is 60.7 Å². The van der Waals surface area contributed by atoms with Gasteiger partial charge in [0.05, 0.1) is 5.57 Å². The van der Waals surface area contributed by atoms with Crippen molar-refractivity contribution in [1.82, 2.24) is 4.98 Å². The molecule has 128 valence electrons. The van der Waals surface area contributed by atoms with Gasteiger partial charge < -0.3 is 5.32 Å². The summed E-state index contributed by atoms with van der Waals surface area (Å²) < 4.78 is 0. The second kappa shape index (κ2) is 8.24. The molecule has 0 aliphatic heterocycles. The normalized spacial score (nSPS) is 11.0. The molecule has 3 rings (SSSR count). The molecule has 0 spiro atoms. The summed E-state index contributed by atoms with van der Waals surface area (Å²) in [4.78, 5) is 16.5. The van der Waals surface area contributed by atoms with Crippen molar-refractivity contribution < 1.29 is 4.79 Å². The Morgan fingerprint density at radius 3 is 2.42 bits per heavy atom. The van der Waals surface area contributed by atoms with Crippen molar-refractivity contribution >= 4 is 33.9 Å². The van der Waals surface area contributed by atoms with E-state index < -0.39 is 0 Å². The highest BCUT2D eigenvalue weighted by Gasteiger charge is 2.17. The van der Waals surface area contributed by atoms with Crippen LogP contribution in [0.4, 0.5) is 5.00 Å². The maximum atomic E-state index is 11.9. The van der Waals surface area contributed by atoms with E-state index in [0.717, 1.165) is 11.1 Å². The summed E-state index contributed by atoms with van der Waals surface area (Å²) in [6, 6.07) is 21.5. The standard InChI is InChI=1S/C21H17N3OS/c1-2-18(25)23-21-19(16-11-7-4-8-12-16)24-20(26-21)17(14-22)13-15-9-5-3-6-10-15/h3-13H,2H2,1H3,(H,23,25)/b17-13+. The summed E-state index contributed by atoms with van der Waals surface area (Å²) in [7, 11) is 0. The molecule has 0 saturated heterocycles. The van der Waals surface area contributed by atoms with E-state index in [1.165, 1.54) is 11.3 Å². The first-order chi connectivity index (χ1) is 12.7. The smallest absolute Gasteiger partial charge is 0.224 e. The number of aromatic nitrogens is 1. The van der Waals surface area contributed by atoms with Gasteiger partial charge >= 0.3 is 0 Å². The summed E-state index contributed by atoms with van der Waals surface area (Å²) in [5.74, 6) is -0.0806. The van der Waals surface area contributed by atoms with Gasteiger partial charge in [-0.1, -0.05) is 78.9 Å². The summed E-state index contributed by atoms with van der Waals surface area (Å²) >= 11 is 1.32. The summed E-state index contributed by atoms with van der Waals surface area (Å²) in [6.07, 6.45) is 2.19. The lowest BCUT2D eigenvalue weighted by Gasteiger charge is -2.03. The lowest BCUT2D eigenvalue weighted by atomic mass is 10.1. The third-order valence-electron chi connectivity index (χ3n) is 3.71. The Morgan fingerprint density at radius 2 is 1.81 bits per heavy atom. The summed E-state index contributed by atoms with van der Waals surface area (Å²) in [5.41, 5.74) is 2.98. The van der Waals surface area contributed by atoms with E-state index in [9.17, 15) is 10.1 Å². The predicted octanol–water partition coefficient (Wildman–Crippen LogP) is 5.22. The lowest BCUT2D eigenvalue weighted by Crippen LogP contribution is -2.08. The third-order valence-corrected chi connectivity index (χ3v) is 4.71. The molecule has 0 unspecified atom stereocenters. The molecule has 0 aliphatic carbocycles. The SMILES string of the molecule is CCC(=O)Nc1sc(/C(C#N)=C/c2ccccc2)nc1-c1ccccc1. The quantitative estimate of drug-likeness (QED) is 0.635. The van der Waals surface area contributed by atoms with Crippen molar-refractivity contribution in [3.05, 3.63) is 71.2 Å². The minimum atomic E-state index is -0.0806. The van der Waals surface area contributed by atoms with Crippen LogP contribution in [0.3, 0.4) is 0 Å². The first-order valence-electron chi connectivity index (χ1n) is 8.24. The second-order valence-corrected chi connectivity index (χ2v) is 6.54. The number of thiazole rings is 1. The van der Waals surface area contributed by atoms with Crippen LogP contribution in [0.25, 0.3) is 22.9 Å². The number of nitriles is 1. The Kier molecular flexibility index (Phi) is 5.57. The number of anilines is 1. The molecule has 0 aliphatic rings. The molecule has 0 atom stereocenters. The zero-order chi connectivity index (χ0) is 18.4. The molecule has 1 heterocycles. The summed E-state index contributed by atoms with van der Waals surface area (Å²) in [5, 5.41) is 13.7. The topological polar surface area (TPSA) is 65.8 Å². The van der Waals surface area contributed by atoms with Gasteiger partial charge in [0.25, 0.3) is 0 Å². The number of amides is 1. The van der Waals surface area contributed by atoms with E-state index in [1.54, 1.807) is 13.0 Å². The van der Waals surface area contributed by atoms with Crippen molar-refractivity contribution in [2.24, 2.45) is 0 Å². The van der Waals surface area contributed by atoms with Crippen LogP contribution in [-0.2, 0) is 4.79 Å². The van der Waals surface area contributed by atoms with E-state index in [1.807, 2.05) is 60.7 Å². The number of nitrogens with zero attached hydrogens (tertiary/aromatic N) is 2. The average molecular weight is 359 g/mol. The van der Waals surface area contributed by atoms with Crippen LogP contribution >= 0.6 is 11.3 Å². The van der Waals surface area contributed by atoms with Gasteiger partial charge in [0, 0.05) is 12.0 Å². The highest BCUT2D eigenvalue weighted by Crippen LogP contribution is 2.36. The van der Waals surface area contributed by atoms with Crippen molar-refractivity contribution in [3.63, 3.8) is 0 Å². The van der Waals surface area contributed by atoms with E-state index >= 15 is 0 Å². The van der Waals surface area contributed by atoms with Crippen LogP contribution in [0, 0.1) is 11.3 Å². The number of nitrogens with one attached hydrogen (secondary N) is 1. The van der Waals surface area contributed by atoms with Gasteiger partial charge in [-0.25, -0.2) is 4.98 Å². The van der Waals surface area contributed by atoms with Crippen molar-refractivity contribution in [2.45, 2.75) is 13.3 Å². The Hall–Kier alpha value is -3.23. The molecule has 3 aromatic rings. The van der Waals surface area contributed by atoms with E-state index in [2.05, 4.69) is 16.4 Å². The highest BCUT2D eigenvalue weighted by atomic mass is 32.1. The van der Waals surface area contributed by atoms with Crippen LogP contribution in [0.2, 0.25) is 0 Å². The molecule has 26 heavy (non-hydrogen) atoms. The highest BCUT2D eigenvalue weighted by molar-refractivity contribution is 7.17. The monoisotopic (exact) mass is 359 g/mol. The molecule has 1 amide bonds. The molecular weight excluding hydrogens is 342 g/mol. The molecule has 5 heteroatoms. The Balaban J connectivity index is 2.06. The molecule has 0 radical (unpaired) electrons. The number of hydrogen-bond donors (Lipinski definition) is 1. The molecule has 1 aromatic heterocycles. The Morgan fingerprint density at radius 1 is 1.15 bits per heavy atom. The van der Waals surface area contributed by atoms with Gasteiger partial charge in [0.15, 0.2) is 0 Å². The first-order valence-corrected chi connectivity index (χ1v) is 9.06. The minimum Gasteiger partial charge on any atom is -0.316 e. The van der Waals surface area contributed by atoms with Crippen LogP contribution in [0.1, 0.15) is 23.9 Å². The molecule has 0 bridgehead atoms. The van der Waals surface area contributed by atoms with Gasteiger partial charge in [0.1, 0.15) is 21.8 Å². The van der Waals surface area contributed by atoms with Crippen molar-refractivity contribution in [1.29, 1.82) is 5.26 Å². The fourth-order valence-electron chi connectivity index (χ4n) is 2.38. The van der Waals surface area contributed by atoms with Crippen molar-refractivity contribution in [3.8, 4) is 17.3 Å². The van der Waals surface area contributed by atoms with Gasteiger partial charge in [-0.2, -0.15) is 5.26 Å². The largest absolute Gasteiger partial charge is 0.316 e. The number of allylic oxidation sites excluding steroid dienone is 1. The number of carbonyl (C=O) groups excluding carboxylic acids is 1. The van der Waals surface area contributed by atoms with E-state index in [0.29, 0.717) is 27.7 Å². The third kappa shape index (κ3) is 4.05. The zero-order valence-electron chi connectivity index (χ0n) is 14.3. The molecule has 1 N–H and O–H groups in total. The maximum Gasteiger partial charge on any atom is 0.224 e. The zero-order valence-corrected chi connectivity index (χ0v) is 15.1. The van der Waals surface area contributed by atoms with Gasteiger partial charge in [-0.05, 0) is 11.6 Å². The molecular formula is C21H17N3OS. The molecule has 4 nitrogen and oxygen atoms in total. The predicted molar refractivity (Wildman–Crippen MR) is 106 cm³/mol. The van der Waals surface area contributed by atoms with Gasteiger partial charge in [-0.15, -0.1) is 0 Å². The van der Waals surface area contributed by atoms with E-state index in [4.69, 9.17) is 0 Å². The number of carbonyl (C=O) groups is 1. The van der Waals surface area contributed by atoms with Gasteiger partial charge in [-0.3, -0.25) is 4.79 Å². The minimum absolute atomic E-state index is 0.0806. The molecule has 0 fully saturated rings. The number of benzene rings is 2. The number of hydrogen-bond acceptors (Lipinski definition) is 4. The number of rotatable bonds is 5. The van der Waals surface area contributed by atoms with Crippen molar-refractivity contribution in [2.75, 3.05) is 5.32 Å². The van der Waals surface area contributed by atoms with E-state index in [-0.39, 0.29) is 5.91 Å². The van der Waals surface area contributed by atoms with Crippen LogP contribution in [0.5, 0.6) is 0 Å². The van der Waals surface area contributed by atoms with Crippen LogP contribution < -0.4 is 5.32 Å². The van der Waals surface area contributed by atoms with Gasteiger partial charge in [0.2, 0.25) is 5.91 Å². The summed E-state index contributed by atoms with van der Waals surface area (Å²) in [6.45, 7) is 1.80. The fourth-order valence-corrected chi connectivity index (χ4v) is 3.35. The first kappa shape index (κ1) is 17.6. The lowest BCUT2D eigenvalue weighted by molar-refractivity contribution is -0.115. The Labute approximate surface area is 156 Å². The average Bonchev–Trinajstić information content (AvgIpc) is 3.11. The fraction of sp³-hybridized carbons (Fsp3) is 0.0952. The van der Waals surface area contributed by atoms with Crippen LogP contribution in [-0.4, -0.2) is 10.9 Å². The molecule has 0 saturated carbocycles. The second-order valence-electron chi connectivity index (χ2n) is 5.55. The molecule has 2 aromatic carbocycles. The maximum absolute atomic E-state index is 11.9. The Bertz CT molecular complexity index is 969.